The maximum absolute atomic E-state index is 12.4. The van der Waals surface area contributed by atoms with Gasteiger partial charge in [0.25, 0.3) is 5.91 Å². The third-order valence-corrected chi connectivity index (χ3v) is 3.98. The molecule has 146 valence electrons. The minimum Gasteiger partial charge on any atom is -0.465 e. The Morgan fingerprint density at radius 2 is 1.87 bits per heavy atom. The highest BCUT2D eigenvalue weighted by atomic mass is 16.5. The highest BCUT2D eigenvalue weighted by molar-refractivity contribution is 6.36. The molecule has 0 unspecified atom stereocenters. The number of amides is 2. The van der Waals surface area contributed by atoms with E-state index in [9.17, 15) is 9.59 Å². The summed E-state index contributed by atoms with van der Waals surface area (Å²) in [6.45, 7) is 0. The van der Waals surface area contributed by atoms with Crippen molar-refractivity contribution in [3.8, 4) is 5.75 Å². The molecule has 2 aliphatic heterocycles. The fraction of sp³-hybridized carbons (Fsp3) is 0.0476. The van der Waals surface area contributed by atoms with Crippen molar-refractivity contribution >= 4 is 47.5 Å². The van der Waals surface area contributed by atoms with Crippen molar-refractivity contribution in [3.63, 3.8) is 0 Å². The van der Waals surface area contributed by atoms with Crippen LogP contribution in [0.25, 0.3) is 5.57 Å². The Labute approximate surface area is 170 Å². The maximum Gasteiger partial charge on any atom is 0.281 e. The molecule has 0 fully saturated rings. The van der Waals surface area contributed by atoms with Crippen LogP contribution in [0, 0.1) is 0 Å². The van der Waals surface area contributed by atoms with Crippen molar-refractivity contribution in [2.45, 2.75) is 6.42 Å². The van der Waals surface area contributed by atoms with Crippen LogP contribution in [-0.2, 0) is 9.59 Å². The minimum atomic E-state index is -0.484. The average Bonchev–Trinajstić information content (AvgIpc) is 3.07. The van der Waals surface area contributed by atoms with Crippen molar-refractivity contribution in [3.05, 3.63) is 65.8 Å². The van der Waals surface area contributed by atoms with Crippen molar-refractivity contribution in [1.29, 1.82) is 0 Å². The van der Waals surface area contributed by atoms with Gasteiger partial charge in [-0.2, -0.15) is 4.99 Å². The molecule has 2 bridgehead atoms. The lowest BCUT2D eigenvalue weighted by atomic mass is 10.2. The van der Waals surface area contributed by atoms with E-state index in [2.05, 4.69) is 29.9 Å². The van der Waals surface area contributed by atoms with Gasteiger partial charge in [0, 0.05) is 31.1 Å². The molecule has 1 aromatic carbocycles. The SMILES string of the molecule is O=C1C/C=C\C=C/Oc2cccc(c2)/N=C\C2=c3c(ncnc3=NC2=O)/N=C\C=N/1. The molecule has 0 aliphatic carbocycles. The van der Waals surface area contributed by atoms with E-state index in [4.69, 9.17) is 4.74 Å². The molecule has 0 atom stereocenters. The Bertz CT molecular complexity index is 1290. The van der Waals surface area contributed by atoms with E-state index < -0.39 is 5.91 Å². The lowest BCUT2D eigenvalue weighted by Gasteiger charge is -2.00. The maximum atomic E-state index is 12.4. The summed E-state index contributed by atoms with van der Waals surface area (Å²) in [4.78, 5) is 48.5. The number of nitrogens with zero attached hydrogens (tertiary/aromatic N) is 6. The topological polar surface area (TPSA) is 119 Å². The quantitative estimate of drug-likeness (QED) is 0.663. The van der Waals surface area contributed by atoms with E-state index in [0.717, 1.165) is 0 Å². The monoisotopic (exact) mass is 398 g/mol. The Kier molecular flexibility index (Phi) is 5.52. The van der Waals surface area contributed by atoms with Gasteiger partial charge in [-0.05, 0) is 18.2 Å². The number of carbonyl (C=O) groups is 2. The normalized spacial score (nSPS) is 21.1. The van der Waals surface area contributed by atoms with Crippen LogP contribution >= 0.6 is 0 Å². The summed E-state index contributed by atoms with van der Waals surface area (Å²) in [5.74, 6) is -0.0274. The summed E-state index contributed by atoms with van der Waals surface area (Å²) < 4.78 is 5.53. The molecule has 0 radical (unpaired) electrons. The van der Waals surface area contributed by atoms with Crippen LogP contribution in [0.3, 0.4) is 0 Å². The van der Waals surface area contributed by atoms with Gasteiger partial charge in [-0.3, -0.25) is 14.6 Å². The number of rotatable bonds is 0. The number of fused-ring (bicyclic) bond motifs is 2. The molecule has 9 heteroatoms. The van der Waals surface area contributed by atoms with Crippen LogP contribution in [0.5, 0.6) is 5.75 Å². The van der Waals surface area contributed by atoms with Gasteiger partial charge in [-0.25, -0.2) is 20.0 Å². The number of benzene rings is 1. The minimum absolute atomic E-state index is 0.131. The van der Waals surface area contributed by atoms with Crippen LogP contribution in [0.2, 0.25) is 0 Å². The van der Waals surface area contributed by atoms with E-state index in [1.54, 1.807) is 42.5 Å². The number of hydrogen-bond donors (Lipinski definition) is 0. The first-order valence-electron chi connectivity index (χ1n) is 8.91. The molecule has 0 saturated heterocycles. The third kappa shape index (κ3) is 4.36. The molecule has 2 amide bonds. The van der Waals surface area contributed by atoms with Gasteiger partial charge in [0.05, 0.1) is 22.7 Å². The second-order valence-electron chi connectivity index (χ2n) is 6.01. The highest BCUT2D eigenvalue weighted by Crippen LogP contribution is 2.20. The zero-order chi connectivity index (χ0) is 20.8. The van der Waals surface area contributed by atoms with Crippen LogP contribution in [0.1, 0.15) is 6.42 Å². The number of carbonyl (C=O) groups excluding carboxylic acids is 2. The molecule has 0 saturated carbocycles. The predicted octanol–water partition coefficient (Wildman–Crippen LogP) is 1.34. The average molecular weight is 398 g/mol. The Balaban J connectivity index is 1.81. The largest absolute Gasteiger partial charge is 0.465 e. The molecule has 1 aromatic heterocycles. The molecular weight excluding hydrogens is 384 g/mol. The first-order chi connectivity index (χ1) is 14.7. The van der Waals surface area contributed by atoms with Gasteiger partial charge in [0.15, 0.2) is 11.3 Å². The number of ether oxygens (including phenoxy) is 1. The summed E-state index contributed by atoms with van der Waals surface area (Å²) in [7, 11) is 0. The fourth-order valence-electron chi connectivity index (χ4n) is 2.63. The van der Waals surface area contributed by atoms with Crippen molar-refractivity contribution in [1.82, 2.24) is 9.97 Å². The van der Waals surface area contributed by atoms with Gasteiger partial charge in [-0.1, -0.05) is 18.2 Å². The van der Waals surface area contributed by atoms with E-state index in [0.29, 0.717) is 16.7 Å². The summed E-state index contributed by atoms with van der Waals surface area (Å²) in [6.07, 6.45) is 11.9. The van der Waals surface area contributed by atoms with Crippen molar-refractivity contribution in [2.24, 2.45) is 20.0 Å². The second kappa shape index (κ2) is 8.74. The smallest absolute Gasteiger partial charge is 0.281 e. The Morgan fingerprint density at radius 3 is 2.80 bits per heavy atom. The molecule has 30 heavy (non-hydrogen) atoms. The lowest BCUT2D eigenvalue weighted by molar-refractivity contribution is -0.117. The van der Waals surface area contributed by atoms with E-state index >= 15 is 0 Å². The number of allylic oxidation sites excluding steroid dienone is 2. The second-order valence-corrected chi connectivity index (χ2v) is 6.01. The number of aromatic nitrogens is 2. The van der Waals surface area contributed by atoms with Crippen LogP contribution in [-0.4, -0.2) is 40.4 Å². The van der Waals surface area contributed by atoms with Crippen LogP contribution < -0.4 is 15.4 Å². The molecule has 9 nitrogen and oxygen atoms in total. The standard InChI is InChI=1S/C21H14N6O3/c28-17-7-2-1-3-10-30-15-6-4-5-14(11-15)24-12-16-18-19(23-9-8-22-17)25-13-26-20(18)27-21(16)29/h1-6,8-13H,7H2/b2-1-,10-3-,22-8-,23-9-,24-12-. The van der Waals surface area contributed by atoms with Gasteiger partial charge < -0.3 is 4.74 Å². The summed E-state index contributed by atoms with van der Waals surface area (Å²) in [6, 6.07) is 7.04. The first kappa shape index (κ1) is 18.9. The van der Waals surface area contributed by atoms with E-state index in [-0.39, 0.29) is 29.2 Å². The van der Waals surface area contributed by atoms with Crippen molar-refractivity contribution < 1.29 is 14.3 Å². The number of hydrogen-bond acceptors (Lipinski definition) is 7. The number of aliphatic imine (C=N–C) groups is 3. The van der Waals surface area contributed by atoms with Crippen LogP contribution in [0.15, 0.2) is 75.1 Å². The summed E-state index contributed by atoms with van der Waals surface area (Å²) in [5, 5.41) is 0.374. The first-order valence-corrected chi connectivity index (χ1v) is 8.91. The summed E-state index contributed by atoms with van der Waals surface area (Å²) in [5.41, 5.74) is 1.02. The highest BCUT2D eigenvalue weighted by Gasteiger charge is 2.18. The van der Waals surface area contributed by atoms with Gasteiger partial charge >= 0.3 is 0 Å². The van der Waals surface area contributed by atoms with Gasteiger partial charge in [0.2, 0.25) is 5.91 Å². The molecule has 0 spiro atoms. The van der Waals surface area contributed by atoms with E-state index in [1.807, 2.05) is 0 Å². The molecule has 2 aromatic rings. The predicted molar refractivity (Wildman–Crippen MR) is 111 cm³/mol. The molecule has 3 heterocycles. The summed E-state index contributed by atoms with van der Waals surface area (Å²) >= 11 is 0. The third-order valence-electron chi connectivity index (χ3n) is 3.98. The molecule has 2 aliphatic rings. The Morgan fingerprint density at radius 1 is 0.967 bits per heavy atom. The fourth-order valence-corrected chi connectivity index (χ4v) is 2.63. The zero-order valence-corrected chi connectivity index (χ0v) is 15.5. The lowest BCUT2D eigenvalue weighted by Crippen LogP contribution is -2.28. The molecule has 4 rings (SSSR count). The van der Waals surface area contributed by atoms with E-state index in [1.165, 1.54) is 31.2 Å². The van der Waals surface area contributed by atoms with Crippen LogP contribution in [0.4, 0.5) is 11.5 Å². The van der Waals surface area contributed by atoms with Gasteiger partial charge in [0.1, 0.15) is 12.1 Å². The van der Waals surface area contributed by atoms with Gasteiger partial charge in [-0.15, -0.1) is 0 Å². The Hall–Kier alpha value is -4.40. The molecule has 0 N–H and O–H groups in total. The zero-order valence-electron chi connectivity index (χ0n) is 15.5. The molecular formula is C21H14N6O3. The van der Waals surface area contributed by atoms with Crippen molar-refractivity contribution in [2.75, 3.05) is 0 Å².